The van der Waals surface area contributed by atoms with Crippen LogP contribution in [0.4, 0.5) is 0 Å². The summed E-state index contributed by atoms with van der Waals surface area (Å²) >= 11 is 0. The number of hydrogen-bond donors (Lipinski definition) is 0. The molecule has 0 saturated heterocycles. The predicted octanol–water partition coefficient (Wildman–Crippen LogP) is 6.17. The van der Waals surface area contributed by atoms with Crippen LogP contribution in [0.3, 0.4) is 0 Å². The zero-order chi connectivity index (χ0) is 26.9. The Kier molecular flexibility index (Phi) is 9.27. The smallest absolute Gasteiger partial charge is 0.204 e. The summed E-state index contributed by atoms with van der Waals surface area (Å²) in [6.07, 6.45) is 2.00. The quantitative estimate of drug-likeness (QED) is 0.197. The zero-order valence-corrected chi connectivity index (χ0v) is 22.5. The molecule has 0 saturated carbocycles. The standard InChI is InChI=1S/C31H35NO6/c1-5-32(21-22-12-7-6-8-13-22)16-9-10-17-37-24-15-11-14-23(18-24)26-19-25(33)29-27(38-26)20-28(34-2)30(35-3)31(29)36-4/h6-8,11-15,18-20H,5,9-10,16-17,21H2,1-4H3. The van der Waals surface area contributed by atoms with Gasteiger partial charge in [-0.1, -0.05) is 49.4 Å². The molecular formula is C31H35NO6. The van der Waals surface area contributed by atoms with Crippen LogP contribution in [0, 0.1) is 0 Å². The van der Waals surface area contributed by atoms with E-state index in [4.69, 9.17) is 23.4 Å². The van der Waals surface area contributed by atoms with E-state index in [1.807, 2.05) is 30.3 Å². The Morgan fingerprint density at radius 1 is 0.842 bits per heavy atom. The highest BCUT2D eigenvalue weighted by molar-refractivity contribution is 5.90. The van der Waals surface area contributed by atoms with Gasteiger partial charge in [0.15, 0.2) is 16.9 Å². The van der Waals surface area contributed by atoms with Crippen molar-refractivity contribution in [1.82, 2.24) is 4.90 Å². The molecule has 0 N–H and O–H groups in total. The Labute approximate surface area is 223 Å². The molecule has 4 rings (SSSR count). The summed E-state index contributed by atoms with van der Waals surface area (Å²) in [7, 11) is 4.50. The number of benzene rings is 3. The Bertz CT molecular complexity index is 1400. The Hall–Kier alpha value is -3.97. The van der Waals surface area contributed by atoms with E-state index >= 15 is 0 Å². The summed E-state index contributed by atoms with van der Waals surface area (Å²) in [4.78, 5) is 15.5. The molecule has 1 heterocycles. The lowest BCUT2D eigenvalue weighted by atomic mass is 10.1. The Balaban J connectivity index is 1.42. The summed E-state index contributed by atoms with van der Waals surface area (Å²) in [5.41, 5.74) is 2.19. The van der Waals surface area contributed by atoms with Gasteiger partial charge < -0.3 is 23.4 Å². The van der Waals surface area contributed by atoms with Crippen LogP contribution in [0.25, 0.3) is 22.3 Å². The first kappa shape index (κ1) is 27.1. The maximum Gasteiger partial charge on any atom is 0.204 e. The molecule has 7 nitrogen and oxygen atoms in total. The van der Waals surface area contributed by atoms with Crippen LogP contribution in [0.5, 0.6) is 23.0 Å². The van der Waals surface area contributed by atoms with Gasteiger partial charge in [0.2, 0.25) is 5.75 Å². The first-order valence-electron chi connectivity index (χ1n) is 12.8. The fourth-order valence-electron chi connectivity index (χ4n) is 4.49. The van der Waals surface area contributed by atoms with Gasteiger partial charge >= 0.3 is 0 Å². The average Bonchev–Trinajstić information content (AvgIpc) is 2.95. The van der Waals surface area contributed by atoms with Gasteiger partial charge in [-0.15, -0.1) is 0 Å². The number of rotatable bonds is 13. The molecule has 0 fully saturated rings. The third-order valence-corrected chi connectivity index (χ3v) is 6.47. The number of nitrogens with zero attached hydrogens (tertiary/aromatic N) is 1. The molecule has 1 aromatic heterocycles. The van der Waals surface area contributed by atoms with Crippen LogP contribution in [0.2, 0.25) is 0 Å². The van der Waals surface area contributed by atoms with Gasteiger partial charge in [0, 0.05) is 24.2 Å². The van der Waals surface area contributed by atoms with Gasteiger partial charge in [-0.25, -0.2) is 0 Å². The topological polar surface area (TPSA) is 70.4 Å². The first-order chi connectivity index (χ1) is 18.6. The molecule has 0 aliphatic rings. The number of ether oxygens (including phenoxy) is 4. The second-order valence-corrected chi connectivity index (χ2v) is 8.93. The molecule has 0 aliphatic heterocycles. The van der Waals surface area contributed by atoms with Crippen molar-refractivity contribution in [1.29, 1.82) is 0 Å². The zero-order valence-electron chi connectivity index (χ0n) is 22.5. The average molecular weight is 518 g/mol. The minimum atomic E-state index is -0.235. The van der Waals surface area contributed by atoms with Gasteiger partial charge in [0.1, 0.15) is 22.5 Å². The lowest BCUT2D eigenvalue weighted by Crippen LogP contribution is -2.24. The van der Waals surface area contributed by atoms with Crippen molar-refractivity contribution < 1.29 is 23.4 Å². The second kappa shape index (κ2) is 13.0. The summed E-state index contributed by atoms with van der Waals surface area (Å²) in [5.74, 6) is 2.21. The summed E-state index contributed by atoms with van der Waals surface area (Å²) in [6.45, 7) is 5.80. The van der Waals surface area contributed by atoms with Gasteiger partial charge in [0.25, 0.3) is 0 Å². The van der Waals surface area contributed by atoms with Crippen LogP contribution in [-0.2, 0) is 6.54 Å². The van der Waals surface area contributed by atoms with Crippen molar-refractivity contribution in [3.05, 3.63) is 82.5 Å². The van der Waals surface area contributed by atoms with Crippen LogP contribution < -0.4 is 24.4 Å². The Morgan fingerprint density at radius 2 is 1.63 bits per heavy atom. The SMILES string of the molecule is CCN(CCCCOc1cccc(-c2cc(=O)c3c(OC)c(OC)c(OC)cc3o2)c1)Cc1ccccc1. The fraction of sp³-hybridized carbons (Fsp3) is 0.323. The Morgan fingerprint density at radius 3 is 2.34 bits per heavy atom. The molecule has 0 aliphatic carbocycles. The minimum absolute atomic E-state index is 0.235. The van der Waals surface area contributed by atoms with Crippen molar-refractivity contribution in [3.63, 3.8) is 0 Å². The van der Waals surface area contributed by atoms with Crippen molar-refractivity contribution in [2.75, 3.05) is 41.0 Å². The molecule has 0 unspecified atom stereocenters. The lowest BCUT2D eigenvalue weighted by Gasteiger charge is -2.20. The molecule has 0 amide bonds. The molecule has 0 atom stereocenters. The van der Waals surface area contributed by atoms with Gasteiger partial charge in [-0.3, -0.25) is 9.69 Å². The molecule has 0 spiro atoms. The third kappa shape index (κ3) is 6.29. The molecule has 0 radical (unpaired) electrons. The molecule has 7 heteroatoms. The highest BCUT2D eigenvalue weighted by Gasteiger charge is 2.21. The summed E-state index contributed by atoms with van der Waals surface area (Å²) in [6, 6.07) is 21.2. The molecule has 3 aromatic carbocycles. The van der Waals surface area contributed by atoms with Crippen molar-refractivity contribution in [2.45, 2.75) is 26.3 Å². The number of unbranched alkanes of at least 4 members (excludes halogenated alkanes) is 1. The van der Waals surface area contributed by atoms with Gasteiger partial charge in [0.05, 0.1) is 27.9 Å². The third-order valence-electron chi connectivity index (χ3n) is 6.47. The van der Waals surface area contributed by atoms with E-state index in [9.17, 15) is 4.79 Å². The first-order valence-corrected chi connectivity index (χ1v) is 12.8. The maximum absolute atomic E-state index is 13.1. The molecule has 200 valence electrons. The summed E-state index contributed by atoms with van der Waals surface area (Å²) < 4.78 is 28.4. The lowest BCUT2D eigenvalue weighted by molar-refractivity contribution is 0.252. The molecular weight excluding hydrogens is 482 g/mol. The number of fused-ring (bicyclic) bond motifs is 1. The molecule has 38 heavy (non-hydrogen) atoms. The minimum Gasteiger partial charge on any atom is -0.494 e. The van der Waals surface area contributed by atoms with Crippen molar-refractivity contribution >= 4 is 11.0 Å². The largest absolute Gasteiger partial charge is 0.494 e. The van der Waals surface area contributed by atoms with Crippen LogP contribution in [0.1, 0.15) is 25.3 Å². The van der Waals surface area contributed by atoms with E-state index in [-0.39, 0.29) is 11.2 Å². The summed E-state index contributed by atoms with van der Waals surface area (Å²) in [5, 5.41) is 0.301. The number of hydrogen-bond acceptors (Lipinski definition) is 7. The molecule has 4 aromatic rings. The highest BCUT2D eigenvalue weighted by atomic mass is 16.5. The van der Waals surface area contributed by atoms with E-state index in [0.717, 1.165) is 43.8 Å². The van der Waals surface area contributed by atoms with Crippen LogP contribution >= 0.6 is 0 Å². The van der Waals surface area contributed by atoms with E-state index in [0.29, 0.717) is 34.8 Å². The normalized spacial score (nSPS) is 11.1. The van der Waals surface area contributed by atoms with E-state index in [1.165, 1.54) is 33.0 Å². The van der Waals surface area contributed by atoms with Gasteiger partial charge in [-0.05, 0) is 43.6 Å². The van der Waals surface area contributed by atoms with Crippen molar-refractivity contribution in [2.24, 2.45) is 0 Å². The predicted molar refractivity (Wildman–Crippen MR) is 150 cm³/mol. The highest BCUT2D eigenvalue weighted by Crippen LogP contribution is 2.42. The van der Waals surface area contributed by atoms with Crippen LogP contribution in [0.15, 0.2) is 75.9 Å². The second-order valence-electron chi connectivity index (χ2n) is 8.93. The van der Waals surface area contributed by atoms with Crippen molar-refractivity contribution in [3.8, 4) is 34.3 Å². The molecule has 0 bridgehead atoms. The number of methoxy groups -OCH3 is 3. The maximum atomic E-state index is 13.1. The van der Waals surface area contributed by atoms with Gasteiger partial charge in [-0.2, -0.15) is 0 Å². The van der Waals surface area contributed by atoms with E-state index in [1.54, 1.807) is 6.07 Å². The van der Waals surface area contributed by atoms with E-state index in [2.05, 4.69) is 36.1 Å². The fourth-order valence-corrected chi connectivity index (χ4v) is 4.49. The van der Waals surface area contributed by atoms with Crippen LogP contribution in [-0.4, -0.2) is 45.9 Å². The van der Waals surface area contributed by atoms with E-state index < -0.39 is 0 Å². The monoisotopic (exact) mass is 517 g/mol.